The van der Waals surface area contributed by atoms with E-state index in [2.05, 4.69) is 5.32 Å². The molecule has 2 rings (SSSR count). The number of aliphatic carboxylic acids is 1. The van der Waals surface area contributed by atoms with Crippen LogP contribution in [-0.2, 0) is 30.5 Å². The van der Waals surface area contributed by atoms with Crippen molar-refractivity contribution in [1.29, 1.82) is 0 Å². The molecule has 1 fully saturated rings. The molecule has 2 N–H and O–H groups in total. The van der Waals surface area contributed by atoms with Crippen molar-refractivity contribution in [2.75, 3.05) is 0 Å². The average molecular weight is 408 g/mol. The molecule has 1 saturated heterocycles. The maximum Gasteiger partial charge on any atom is 0.509 e. The number of benzene rings is 1. The van der Waals surface area contributed by atoms with E-state index in [-0.39, 0.29) is 18.7 Å². The van der Waals surface area contributed by atoms with Crippen LogP contribution in [0, 0.1) is 16.0 Å². The molecule has 2 unspecified atom stereocenters. The van der Waals surface area contributed by atoms with Crippen LogP contribution in [0.2, 0.25) is 0 Å². The second-order valence-corrected chi connectivity index (χ2v) is 7.07. The average Bonchev–Trinajstić information content (AvgIpc) is 2.58. The molecule has 11 heteroatoms. The summed E-state index contributed by atoms with van der Waals surface area (Å²) >= 11 is 0. The third kappa shape index (κ3) is 5.74. The molecule has 0 saturated carbocycles. The number of carbonyl (C=O) groups excluding carboxylic acids is 3. The number of rotatable bonds is 9. The van der Waals surface area contributed by atoms with Gasteiger partial charge in [0.05, 0.1) is 16.9 Å². The van der Waals surface area contributed by atoms with Gasteiger partial charge in [0.15, 0.2) is 0 Å². The Balaban J connectivity index is 1.90. The van der Waals surface area contributed by atoms with Gasteiger partial charge in [-0.25, -0.2) is 4.79 Å². The van der Waals surface area contributed by atoms with Crippen LogP contribution in [0.15, 0.2) is 24.3 Å². The Kier molecular flexibility index (Phi) is 6.52. The normalized spacial score (nSPS) is 18.2. The highest BCUT2D eigenvalue weighted by Gasteiger charge is 2.52. The van der Waals surface area contributed by atoms with Crippen LogP contribution in [0.1, 0.15) is 32.3 Å². The number of nitrogens with one attached hydrogen (secondary N) is 1. The minimum Gasteiger partial charge on any atom is -0.481 e. The number of Topliss-reactive ketones (excluding diaryl/α,β-unsaturated/α-hetero) is 1. The first kappa shape index (κ1) is 21.8. The standard InChI is InChI=1S/C18H20N2O9/c1-18(2,15-13(19-16(15)24)7-12(21)8-14(22)23)29-17(25)28-9-10-3-5-11(6-4-10)20(26)27/h3-6,13,15H,7-9H2,1-2H3,(H,19,24)(H,22,23). The zero-order valence-corrected chi connectivity index (χ0v) is 15.7. The second kappa shape index (κ2) is 8.67. The maximum atomic E-state index is 12.0. The second-order valence-electron chi connectivity index (χ2n) is 7.07. The third-order valence-electron chi connectivity index (χ3n) is 4.41. The number of nitrogens with zero attached hydrogens (tertiary/aromatic N) is 1. The molecule has 1 aliphatic heterocycles. The molecule has 0 aromatic heterocycles. The molecule has 1 aromatic rings. The molecule has 1 amide bonds. The number of nitro benzene ring substituents is 1. The molecule has 11 nitrogen and oxygen atoms in total. The van der Waals surface area contributed by atoms with Crippen LogP contribution in [0.4, 0.5) is 10.5 Å². The summed E-state index contributed by atoms with van der Waals surface area (Å²) in [5.41, 5.74) is -0.899. The first-order valence-electron chi connectivity index (χ1n) is 8.62. The Hall–Kier alpha value is -3.50. The number of β-lactam (4-membered cyclic amide) rings is 1. The molecule has 0 radical (unpaired) electrons. The van der Waals surface area contributed by atoms with Crippen LogP contribution < -0.4 is 5.32 Å². The Morgan fingerprint density at radius 2 is 1.86 bits per heavy atom. The van der Waals surface area contributed by atoms with Gasteiger partial charge in [-0.1, -0.05) is 0 Å². The number of amides is 1. The highest BCUT2D eigenvalue weighted by molar-refractivity contribution is 5.97. The molecule has 156 valence electrons. The summed E-state index contributed by atoms with van der Waals surface area (Å²) in [5, 5.41) is 21.8. The quantitative estimate of drug-likeness (QED) is 0.203. The number of nitro groups is 1. The molecule has 29 heavy (non-hydrogen) atoms. The van der Waals surface area contributed by atoms with Crippen molar-refractivity contribution in [2.45, 2.75) is 44.9 Å². The van der Waals surface area contributed by atoms with Crippen molar-refractivity contribution in [3.8, 4) is 0 Å². The summed E-state index contributed by atoms with van der Waals surface area (Å²) in [6.07, 6.45) is -1.89. The fourth-order valence-corrected chi connectivity index (χ4v) is 3.06. The van der Waals surface area contributed by atoms with Gasteiger partial charge in [0.1, 0.15) is 24.4 Å². The van der Waals surface area contributed by atoms with Crippen molar-refractivity contribution < 1.29 is 38.7 Å². The molecule has 0 spiro atoms. The van der Waals surface area contributed by atoms with Crippen molar-refractivity contribution in [3.05, 3.63) is 39.9 Å². The fraction of sp³-hybridized carbons (Fsp3) is 0.444. The predicted octanol–water partition coefficient (Wildman–Crippen LogP) is 1.58. The predicted molar refractivity (Wildman–Crippen MR) is 95.7 cm³/mol. The highest BCUT2D eigenvalue weighted by Crippen LogP contribution is 2.33. The van der Waals surface area contributed by atoms with E-state index in [0.717, 1.165) is 0 Å². The van der Waals surface area contributed by atoms with E-state index in [1.807, 2.05) is 0 Å². The van der Waals surface area contributed by atoms with Gasteiger partial charge in [0.25, 0.3) is 5.69 Å². The van der Waals surface area contributed by atoms with E-state index in [4.69, 9.17) is 14.6 Å². The van der Waals surface area contributed by atoms with Crippen LogP contribution in [0.3, 0.4) is 0 Å². The van der Waals surface area contributed by atoms with Crippen molar-refractivity contribution in [2.24, 2.45) is 5.92 Å². The van der Waals surface area contributed by atoms with E-state index < -0.39 is 52.7 Å². The lowest BCUT2D eigenvalue weighted by Crippen LogP contribution is -2.66. The summed E-state index contributed by atoms with van der Waals surface area (Å²) in [5.74, 6) is -3.08. The summed E-state index contributed by atoms with van der Waals surface area (Å²) in [4.78, 5) is 56.3. The fourth-order valence-electron chi connectivity index (χ4n) is 3.06. The number of carboxylic acid groups (broad SMARTS) is 1. The number of carbonyl (C=O) groups is 4. The monoisotopic (exact) mass is 408 g/mol. The van der Waals surface area contributed by atoms with Crippen LogP contribution in [-0.4, -0.2) is 45.5 Å². The molecule has 0 bridgehead atoms. The zero-order chi connectivity index (χ0) is 21.8. The van der Waals surface area contributed by atoms with Gasteiger partial charge in [-0.15, -0.1) is 0 Å². The molecular weight excluding hydrogens is 388 g/mol. The Morgan fingerprint density at radius 1 is 1.24 bits per heavy atom. The lowest BCUT2D eigenvalue weighted by atomic mass is 9.75. The highest BCUT2D eigenvalue weighted by atomic mass is 16.7. The minimum atomic E-state index is -1.30. The molecular formula is C18H20N2O9. The first-order chi connectivity index (χ1) is 13.5. The number of hydrogen-bond acceptors (Lipinski definition) is 8. The van der Waals surface area contributed by atoms with Crippen LogP contribution in [0.5, 0.6) is 0 Å². The van der Waals surface area contributed by atoms with E-state index in [0.29, 0.717) is 5.56 Å². The molecule has 1 aromatic carbocycles. The largest absolute Gasteiger partial charge is 0.509 e. The smallest absolute Gasteiger partial charge is 0.481 e. The lowest BCUT2D eigenvalue weighted by molar-refractivity contribution is -0.384. The SMILES string of the molecule is CC(C)(OC(=O)OCc1ccc([N+](=O)[O-])cc1)C1C(=O)NC1CC(=O)CC(=O)O. The summed E-state index contributed by atoms with van der Waals surface area (Å²) in [7, 11) is 0. The van der Waals surface area contributed by atoms with E-state index in [1.54, 1.807) is 0 Å². The lowest BCUT2D eigenvalue weighted by Gasteiger charge is -2.44. The van der Waals surface area contributed by atoms with Gasteiger partial charge < -0.3 is 19.9 Å². The molecule has 0 aliphatic carbocycles. The van der Waals surface area contributed by atoms with Gasteiger partial charge in [0, 0.05) is 18.6 Å². The number of ether oxygens (including phenoxy) is 2. The molecule has 1 heterocycles. The number of non-ortho nitro benzene ring substituents is 1. The first-order valence-corrected chi connectivity index (χ1v) is 8.62. The molecule has 1 aliphatic rings. The number of carboxylic acids is 1. The summed E-state index contributed by atoms with van der Waals surface area (Å²) < 4.78 is 10.2. The minimum absolute atomic E-state index is 0.100. The Bertz CT molecular complexity index is 832. The Labute approximate surface area is 165 Å². The maximum absolute atomic E-state index is 12.0. The molecule has 2 atom stereocenters. The number of ketones is 1. The van der Waals surface area contributed by atoms with Gasteiger partial charge >= 0.3 is 12.1 Å². The van der Waals surface area contributed by atoms with E-state index >= 15 is 0 Å². The van der Waals surface area contributed by atoms with E-state index in [1.165, 1.54) is 38.1 Å². The van der Waals surface area contributed by atoms with Gasteiger partial charge in [-0.05, 0) is 31.5 Å². The van der Waals surface area contributed by atoms with Crippen LogP contribution in [0.25, 0.3) is 0 Å². The van der Waals surface area contributed by atoms with Crippen molar-refractivity contribution in [3.63, 3.8) is 0 Å². The summed E-state index contributed by atoms with van der Waals surface area (Å²) in [6, 6.07) is 4.75. The van der Waals surface area contributed by atoms with Crippen molar-refractivity contribution >= 4 is 29.5 Å². The zero-order valence-electron chi connectivity index (χ0n) is 15.7. The topological polar surface area (TPSA) is 162 Å². The van der Waals surface area contributed by atoms with Gasteiger partial charge in [-0.2, -0.15) is 0 Å². The van der Waals surface area contributed by atoms with E-state index in [9.17, 15) is 29.3 Å². The van der Waals surface area contributed by atoms with Crippen LogP contribution >= 0.6 is 0 Å². The number of hydrogen-bond donors (Lipinski definition) is 2. The van der Waals surface area contributed by atoms with Gasteiger partial charge in [-0.3, -0.25) is 24.5 Å². The van der Waals surface area contributed by atoms with Gasteiger partial charge in [0.2, 0.25) is 5.91 Å². The van der Waals surface area contributed by atoms with Crippen molar-refractivity contribution in [1.82, 2.24) is 5.32 Å². The Morgan fingerprint density at radius 3 is 2.38 bits per heavy atom. The summed E-state index contributed by atoms with van der Waals surface area (Å²) in [6.45, 7) is 2.78. The third-order valence-corrected chi connectivity index (χ3v) is 4.41.